The van der Waals surface area contributed by atoms with E-state index in [-0.39, 0.29) is 18.7 Å². The van der Waals surface area contributed by atoms with Gasteiger partial charge >= 0.3 is 0 Å². The van der Waals surface area contributed by atoms with Crippen LogP contribution in [0.3, 0.4) is 0 Å². The van der Waals surface area contributed by atoms with Crippen LogP contribution >= 0.6 is 0 Å². The predicted molar refractivity (Wildman–Crippen MR) is 85.7 cm³/mol. The molecule has 1 atom stereocenters. The van der Waals surface area contributed by atoms with Crippen LogP contribution in [0.5, 0.6) is 17.2 Å². The number of hydrogen-bond donors (Lipinski definition) is 1. The molecule has 0 aromatic heterocycles. The number of ether oxygens (including phenoxy) is 3. The van der Waals surface area contributed by atoms with E-state index in [0.29, 0.717) is 13.0 Å². The molecule has 5 nitrogen and oxygen atoms in total. The molecule has 2 aromatic carbocycles. The lowest BCUT2D eigenvalue weighted by Crippen LogP contribution is -2.27. The molecule has 0 bridgehead atoms. The number of benzene rings is 2. The van der Waals surface area contributed by atoms with Gasteiger partial charge in [-0.05, 0) is 36.8 Å². The second-order valence-electron chi connectivity index (χ2n) is 5.31. The lowest BCUT2D eigenvalue weighted by Gasteiger charge is -2.15. The minimum atomic E-state index is -0.103. The van der Waals surface area contributed by atoms with Crippen molar-refractivity contribution in [2.45, 2.75) is 19.4 Å². The third-order valence-corrected chi connectivity index (χ3v) is 3.62. The van der Waals surface area contributed by atoms with Crippen LogP contribution in [0.15, 0.2) is 48.5 Å². The molecule has 23 heavy (non-hydrogen) atoms. The Bertz CT molecular complexity index is 672. The fraction of sp³-hybridized carbons (Fsp3) is 0.278. The second kappa shape index (κ2) is 7.05. The number of carbonyl (C=O) groups excluding carboxylic acids is 1. The molecule has 1 unspecified atom stereocenters. The molecule has 0 spiro atoms. The summed E-state index contributed by atoms with van der Waals surface area (Å²) in [6.07, 6.45) is 0.309. The Morgan fingerprint density at radius 3 is 2.78 bits per heavy atom. The van der Waals surface area contributed by atoms with E-state index < -0.39 is 0 Å². The summed E-state index contributed by atoms with van der Waals surface area (Å²) in [6.45, 7) is 2.54. The van der Waals surface area contributed by atoms with Gasteiger partial charge < -0.3 is 19.5 Å². The number of hydrogen-bond acceptors (Lipinski definition) is 4. The molecular formula is C18H19NO4. The van der Waals surface area contributed by atoms with E-state index in [9.17, 15) is 4.79 Å². The number of amides is 1. The van der Waals surface area contributed by atoms with Gasteiger partial charge in [0.05, 0.1) is 19.1 Å². The molecule has 120 valence electrons. The first-order chi connectivity index (χ1) is 11.2. The van der Waals surface area contributed by atoms with Gasteiger partial charge in [-0.15, -0.1) is 0 Å². The molecule has 5 heteroatoms. The molecule has 1 aliphatic rings. The summed E-state index contributed by atoms with van der Waals surface area (Å²) >= 11 is 0. The zero-order chi connectivity index (χ0) is 16.1. The summed E-state index contributed by atoms with van der Waals surface area (Å²) in [5.41, 5.74) is 0.978. The van der Waals surface area contributed by atoms with Crippen molar-refractivity contribution >= 4 is 5.91 Å². The van der Waals surface area contributed by atoms with Crippen molar-refractivity contribution in [3.8, 4) is 17.2 Å². The number of nitrogens with one attached hydrogen (secondary N) is 1. The fourth-order valence-corrected chi connectivity index (χ4v) is 2.36. The Morgan fingerprint density at radius 2 is 1.96 bits per heavy atom. The largest absolute Gasteiger partial charge is 0.493 e. The smallest absolute Gasteiger partial charge is 0.231 e. The van der Waals surface area contributed by atoms with Gasteiger partial charge in [-0.2, -0.15) is 0 Å². The molecule has 0 fully saturated rings. The summed E-state index contributed by atoms with van der Waals surface area (Å²) < 4.78 is 16.2. The summed E-state index contributed by atoms with van der Waals surface area (Å²) in [5.74, 6) is 2.18. The Kier molecular flexibility index (Phi) is 4.66. The van der Waals surface area contributed by atoms with Crippen molar-refractivity contribution in [1.29, 1.82) is 0 Å². The summed E-state index contributed by atoms with van der Waals surface area (Å²) in [7, 11) is 0. The van der Waals surface area contributed by atoms with Crippen LogP contribution in [0.2, 0.25) is 0 Å². The molecule has 1 heterocycles. The van der Waals surface area contributed by atoms with Crippen molar-refractivity contribution in [3.05, 3.63) is 54.1 Å². The van der Waals surface area contributed by atoms with Crippen LogP contribution in [0.1, 0.15) is 24.9 Å². The Hall–Kier alpha value is -2.69. The first-order valence-corrected chi connectivity index (χ1v) is 7.59. The van der Waals surface area contributed by atoms with Crippen molar-refractivity contribution in [1.82, 2.24) is 5.32 Å². The van der Waals surface area contributed by atoms with Crippen LogP contribution < -0.4 is 19.5 Å². The molecule has 1 amide bonds. The topological polar surface area (TPSA) is 56.8 Å². The highest BCUT2D eigenvalue weighted by Gasteiger charge is 2.16. The first-order valence-electron chi connectivity index (χ1n) is 7.59. The quantitative estimate of drug-likeness (QED) is 0.890. The van der Waals surface area contributed by atoms with Gasteiger partial charge in [0.15, 0.2) is 11.5 Å². The normalized spacial score (nSPS) is 13.4. The van der Waals surface area contributed by atoms with Gasteiger partial charge in [0.25, 0.3) is 0 Å². The third-order valence-electron chi connectivity index (χ3n) is 3.62. The average Bonchev–Trinajstić information content (AvgIpc) is 3.03. The molecular weight excluding hydrogens is 294 g/mol. The molecule has 0 saturated heterocycles. The van der Waals surface area contributed by atoms with Crippen LogP contribution in [-0.4, -0.2) is 19.3 Å². The molecule has 2 aromatic rings. The number of carbonyl (C=O) groups is 1. The average molecular weight is 313 g/mol. The van der Waals surface area contributed by atoms with Crippen LogP contribution in [-0.2, 0) is 4.79 Å². The highest BCUT2D eigenvalue weighted by molar-refractivity contribution is 5.76. The highest BCUT2D eigenvalue weighted by Crippen LogP contribution is 2.34. The first kappa shape index (κ1) is 15.2. The van der Waals surface area contributed by atoms with E-state index in [2.05, 4.69) is 5.32 Å². The minimum absolute atomic E-state index is 0.0499. The minimum Gasteiger partial charge on any atom is -0.493 e. The molecule has 0 saturated carbocycles. The van der Waals surface area contributed by atoms with Crippen molar-refractivity contribution < 1.29 is 19.0 Å². The lowest BCUT2D eigenvalue weighted by molar-refractivity contribution is -0.122. The Balaban J connectivity index is 1.47. The van der Waals surface area contributed by atoms with E-state index >= 15 is 0 Å². The standard InChI is InChI=1S/C18H19NO4/c1-13(14-7-8-16-17(11-14)23-12-22-16)19-18(20)9-10-21-15-5-3-2-4-6-15/h2-8,11,13H,9-10,12H2,1H3,(H,19,20). The third kappa shape index (κ3) is 3.94. The molecule has 3 rings (SSSR count). The fourth-order valence-electron chi connectivity index (χ4n) is 2.36. The molecule has 1 N–H and O–H groups in total. The Morgan fingerprint density at radius 1 is 1.17 bits per heavy atom. The SMILES string of the molecule is CC(NC(=O)CCOc1ccccc1)c1ccc2c(c1)OCO2. The van der Waals surface area contributed by atoms with Gasteiger partial charge in [0, 0.05) is 0 Å². The summed E-state index contributed by atoms with van der Waals surface area (Å²) in [4.78, 5) is 12.0. The predicted octanol–water partition coefficient (Wildman–Crippen LogP) is 3.06. The summed E-state index contributed by atoms with van der Waals surface area (Å²) in [5, 5.41) is 2.96. The lowest BCUT2D eigenvalue weighted by atomic mass is 10.1. The van der Waals surface area contributed by atoms with Crippen molar-refractivity contribution in [2.24, 2.45) is 0 Å². The van der Waals surface area contributed by atoms with Crippen molar-refractivity contribution in [2.75, 3.05) is 13.4 Å². The van der Waals surface area contributed by atoms with E-state index in [1.54, 1.807) is 0 Å². The monoisotopic (exact) mass is 313 g/mol. The van der Waals surface area contributed by atoms with Crippen LogP contribution in [0.25, 0.3) is 0 Å². The second-order valence-corrected chi connectivity index (χ2v) is 5.31. The zero-order valence-corrected chi connectivity index (χ0v) is 13.0. The maximum atomic E-state index is 12.0. The van der Waals surface area contributed by atoms with E-state index in [0.717, 1.165) is 22.8 Å². The number of fused-ring (bicyclic) bond motifs is 1. The van der Waals surface area contributed by atoms with Crippen LogP contribution in [0, 0.1) is 0 Å². The Labute approximate surface area is 135 Å². The van der Waals surface area contributed by atoms with Crippen molar-refractivity contribution in [3.63, 3.8) is 0 Å². The van der Waals surface area contributed by atoms with Gasteiger partial charge in [-0.1, -0.05) is 24.3 Å². The molecule has 0 radical (unpaired) electrons. The van der Waals surface area contributed by atoms with Crippen LogP contribution in [0.4, 0.5) is 0 Å². The summed E-state index contributed by atoms with van der Waals surface area (Å²) in [6, 6.07) is 15.0. The van der Waals surface area contributed by atoms with E-state index in [4.69, 9.17) is 14.2 Å². The maximum absolute atomic E-state index is 12.0. The maximum Gasteiger partial charge on any atom is 0.231 e. The van der Waals surface area contributed by atoms with Gasteiger partial charge in [-0.3, -0.25) is 4.79 Å². The molecule has 1 aliphatic heterocycles. The number of para-hydroxylation sites is 1. The van der Waals surface area contributed by atoms with Gasteiger partial charge in [0.1, 0.15) is 5.75 Å². The van der Waals surface area contributed by atoms with E-state index in [1.165, 1.54) is 0 Å². The molecule has 0 aliphatic carbocycles. The highest BCUT2D eigenvalue weighted by atomic mass is 16.7. The van der Waals surface area contributed by atoms with Gasteiger partial charge in [-0.25, -0.2) is 0 Å². The zero-order valence-electron chi connectivity index (χ0n) is 13.0. The number of rotatable bonds is 6. The van der Waals surface area contributed by atoms with E-state index in [1.807, 2.05) is 55.5 Å². The van der Waals surface area contributed by atoms with Gasteiger partial charge in [0.2, 0.25) is 12.7 Å².